The minimum Gasteiger partial charge on any atom is -0.204 e. The Kier molecular flexibility index (Phi) is 8.90. The van der Waals surface area contributed by atoms with Gasteiger partial charge in [0.25, 0.3) is 0 Å². The van der Waals surface area contributed by atoms with Gasteiger partial charge in [-0.1, -0.05) is 78.0 Å². The van der Waals surface area contributed by atoms with Gasteiger partial charge in [0.1, 0.15) is 0 Å². The molecular formula is C43H38F6S2. The number of hydrogen-bond donors (Lipinski definition) is 0. The van der Waals surface area contributed by atoms with Gasteiger partial charge in [-0.25, -0.2) is 26.3 Å². The number of thioether (sulfide) groups is 1. The third-order valence-corrected chi connectivity index (χ3v) is 14.5. The molecule has 5 aromatic rings. The molecule has 7 rings (SSSR count). The van der Waals surface area contributed by atoms with E-state index in [-0.39, 0.29) is 10.7 Å². The molecule has 0 saturated carbocycles. The lowest BCUT2D eigenvalue weighted by Crippen LogP contribution is -2.24. The summed E-state index contributed by atoms with van der Waals surface area (Å²) in [6.07, 6.45) is 4.26. The van der Waals surface area contributed by atoms with Crippen LogP contribution >= 0.6 is 23.1 Å². The van der Waals surface area contributed by atoms with E-state index >= 15 is 0 Å². The van der Waals surface area contributed by atoms with Crippen LogP contribution in [0.4, 0.5) is 26.3 Å². The van der Waals surface area contributed by atoms with Crippen LogP contribution in [0.25, 0.3) is 16.0 Å². The highest BCUT2D eigenvalue weighted by molar-refractivity contribution is 8.08. The normalized spacial score (nSPS) is 18.6. The summed E-state index contributed by atoms with van der Waals surface area (Å²) in [5, 5.41) is 0.190. The molecule has 0 spiro atoms. The molecule has 0 bridgehead atoms. The third-order valence-electron chi connectivity index (χ3n) is 11.5. The Morgan fingerprint density at radius 1 is 0.647 bits per heavy atom. The standard InChI is InChI=1S/C43H38F6S2/c1-7-42(5,25-19-31(44)39(48)32(45)20-25)24-10-12-28-27-11-9-23(17-29(27)41(3,4)30(28)18-24)35-13-14-36(50-35)37-15-16-38(51-37)43(6,8-2)26-21-33(46)40(49)34(47)22-26/h9-13,15-22,36H,7-8,14H2,1-6H3/t36-,42?,43?/m0/s1. The minimum absolute atomic E-state index is 0.190. The lowest BCUT2D eigenvalue weighted by atomic mass is 9.72. The van der Waals surface area contributed by atoms with Crippen LogP contribution in [0.15, 0.2) is 78.9 Å². The van der Waals surface area contributed by atoms with Crippen LogP contribution in [0.5, 0.6) is 0 Å². The Morgan fingerprint density at radius 2 is 1.18 bits per heavy atom. The topological polar surface area (TPSA) is 0 Å². The Bertz CT molecular complexity index is 2190. The SMILES string of the molecule is CCC(C)(c1cc(F)c(F)c(F)c1)c1ccc2c(c1)C(C)(C)c1cc(C3=CC[C@@H](c4ccc(C(C)(CC)c5cc(F)c(F)c(F)c5)s4)S3)ccc1-2. The van der Waals surface area contributed by atoms with Crippen molar-refractivity contribution < 1.29 is 26.3 Å². The molecule has 0 nitrogen and oxygen atoms in total. The predicted molar refractivity (Wildman–Crippen MR) is 197 cm³/mol. The van der Waals surface area contributed by atoms with Gasteiger partial charge in [0, 0.05) is 36.2 Å². The van der Waals surface area contributed by atoms with Crippen molar-refractivity contribution in [1.82, 2.24) is 0 Å². The number of halogens is 6. The van der Waals surface area contributed by atoms with E-state index in [0.29, 0.717) is 24.0 Å². The molecule has 2 unspecified atom stereocenters. The molecule has 1 aliphatic heterocycles. The molecule has 0 N–H and O–H groups in total. The molecule has 8 heteroatoms. The number of benzene rings is 4. The van der Waals surface area contributed by atoms with E-state index in [4.69, 9.17) is 0 Å². The fourth-order valence-electron chi connectivity index (χ4n) is 7.72. The van der Waals surface area contributed by atoms with Crippen molar-refractivity contribution in [3.63, 3.8) is 0 Å². The van der Waals surface area contributed by atoms with Gasteiger partial charge in [-0.15, -0.1) is 23.1 Å². The highest BCUT2D eigenvalue weighted by Crippen LogP contribution is 2.55. The molecule has 2 heterocycles. The van der Waals surface area contributed by atoms with Gasteiger partial charge in [-0.3, -0.25) is 0 Å². The maximum atomic E-state index is 14.3. The smallest absolute Gasteiger partial charge is 0.194 e. The molecule has 51 heavy (non-hydrogen) atoms. The quantitative estimate of drug-likeness (QED) is 0.113. The predicted octanol–water partition coefficient (Wildman–Crippen LogP) is 13.5. The second-order valence-corrected chi connectivity index (χ2v) is 17.0. The first-order chi connectivity index (χ1) is 24.1. The van der Waals surface area contributed by atoms with Gasteiger partial charge in [0.05, 0.1) is 0 Å². The minimum atomic E-state index is -1.46. The summed E-state index contributed by atoms with van der Waals surface area (Å²) in [4.78, 5) is 3.33. The fourth-order valence-corrected chi connectivity index (χ4v) is 10.4. The van der Waals surface area contributed by atoms with Crippen molar-refractivity contribution >= 4 is 28.0 Å². The zero-order chi connectivity index (χ0) is 36.6. The Hall–Kier alpha value is -3.75. The molecule has 4 aromatic carbocycles. The van der Waals surface area contributed by atoms with E-state index in [0.717, 1.165) is 63.4 Å². The Balaban J connectivity index is 1.14. The molecule has 1 aromatic heterocycles. The van der Waals surface area contributed by atoms with Gasteiger partial charge in [-0.05, 0) is 106 Å². The second-order valence-electron chi connectivity index (χ2n) is 14.6. The lowest BCUT2D eigenvalue weighted by molar-refractivity contribution is 0.437. The summed E-state index contributed by atoms with van der Waals surface area (Å²) in [7, 11) is 0. The molecule has 0 fully saturated rings. The molecule has 0 radical (unpaired) electrons. The first-order valence-electron chi connectivity index (χ1n) is 17.2. The zero-order valence-corrected chi connectivity index (χ0v) is 30.9. The fraction of sp³-hybridized carbons (Fsp3) is 0.302. The van der Waals surface area contributed by atoms with Crippen molar-refractivity contribution in [2.75, 3.05) is 0 Å². The maximum Gasteiger partial charge on any atom is 0.194 e. The maximum absolute atomic E-state index is 14.3. The van der Waals surface area contributed by atoms with Crippen LogP contribution in [0.3, 0.4) is 0 Å². The largest absolute Gasteiger partial charge is 0.204 e. The van der Waals surface area contributed by atoms with Crippen molar-refractivity contribution in [2.24, 2.45) is 0 Å². The van der Waals surface area contributed by atoms with Crippen molar-refractivity contribution in [1.29, 1.82) is 0 Å². The van der Waals surface area contributed by atoms with Crippen LogP contribution in [-0.2, 0) is 16.2 Å². The van der Waals surface area contributed by atoms with Crippen molar-refractivity contribution in [3.8, 4) is 11.1 Å². The average molecular weight is 733 g/mol. The summed E-state index contributed by atoms with van der Waals surface area (Å²) < 4.78 is 84.7. The molecule has 1 aliphatic carbocycles. The summed E-state index contributed by atoms with van der Waals surface area (Å²) in [5.74, 6) is -7.65. The van der Waals surface area contributed by atoms with Crippen molar-refractivity contribution in [2.45, 2.75) is 82.3 Å². The van der Waals surface area contributed by atoms with Crippen LogP contribution in [0, 0.1) is 34.9 Å². The molecular weight excluding hydrogens is 695 g/mol. The number of thiophene rings is 1. The second kappa shape index (κ2) is 12.7. The zero-order valence-electron chi connectivity index (χ0n) is 29.3. The molecule has 2 aliphatic rings. The summed E-state index contributed by atoms with van der Waals surface area (Å²) >= 11 is 3.44. The van der Waals surface area contributed by atoms with E-state index < -0.39 is 45.7 Å². The lowest BCUT2D eigenvalue weighted by Gasteiger charge is -2.32. The van der Waals surface area contributed by atoms with Gasteiger partial charge in [0.2, 0.25) is 0 Å². The highest BCUT2D eigenvalue weighted by atomic mass is 32.2. The first kappa shape index (κ1) is 35.6. The van der Waals surface area contributed by atoms with Gasteiger partial charge in [0.15, 0.2) is 34.9 Å². The van der Waals surface area contributed by atoms with E-state index in [1.807, 2.05) is 39.8 Å². The van der Waals surface area contributed by atoms with Crippen LogP contribution in [0.2, 0.25) is 0 Å². The van der Waals surface area contributed by atoms with E-state index in [2.05, 4.69) is 56.3 Å². The van der Waals surface area contributed by atoms with Gasteiger partial charge < -0.3 is 0 Å². The van der Waals surface area contributed by atoms with E-state index in [1.54, 1.807) is 23.1 Å². The third kappa shape index (κ3) is 5.68. The summed E-state index contributed by atoms with van der Waals surface area (Å²) in [6.45, 7) is 12.2. The van der Waals surface area contributed by atoms with Gasteiger partial charge in [-0.2, -0.15) is 0 Å². The molecule has 0 amide bonds. The molecule has 3 atom stereocenters. The summed E-state index contributed by atoms with van der Waals surface area (Å²) in [6, 6.07) is 21.4. The number of fused-ring (bicyclic) bond motifs is 3. The van der Waals surface area contributed by atoms with Crippen LogP contribution < -0.4 is 0 Å². The summed E-state index contributed by atoms with van der Waals surface area (Å²) in [5.41, 5.74) is 5.71. The molecule has 0 saturated heterocycles. The number of rotatable bonds is 8. The van der Waals surface area contributed by atoms with E-state index in [1.165, 1.54) is 15.3 Å². The number of hydrogen-bond acceptors (Lipinski definition) is 2. The van der Waals surface area contributed by atoms with Crippen LogP contribution in [0.1, 0.15) is 109 Å². The van der Waals surface area contributed by atoms with E-state index in [9.17, 15) is 26.3 Å². The van der Waals surface area contributed by atoms with Gasteiger partial charge >= 0.3 is 0 Å². The van der Waals surface area contributed by atoms with Crippen LogP contribution in [-0.4, -0.2) is 0 Å². The highest BCUT2D eigenvalue weighted by Gasteiger charge is 2.39. The van der Waals surface area contributed by atoms with Crippen molar-refractivity contribution in [3.05, 3.63) is 157 Å². The Labute approximate surface area is 303 Å². The monoisotopic (exact) mass is 732 g/mol. The Morgan fingerprint density at radius 3 is 1.75 bits per heavy atom. The first-order valence-corrected chi connectivity index (χ1v) is 18.9. The number of allylic oxidation sites excluding steroid dienone is 1. The average Bonchev–Trinajstić information content (AvgIpc) is 3.86. The molecule has 264 valence electrons.